The number of carbonyl (C=O) groups excluding carboxylic acids is 5. The Labute approximate surface area is 364 Å². The molecule has 18 heteroatoms. The summed E-state index contributed by atoms with van der Waals surface area (Å²) < 4.78 is 41.1. The summed E-state index contributed by atoms with van der Waals surface area (Å²) in [5.74, 6) is -3.49. The SMILES string of the molecule is CC(C)=O.CNC(=O)c1ccc(N)cc1F.[C-]#[N+]C(C)(C)Nc1ccc(C(=O)NC)c(F)c1.[C-]#[N+]c1ccc(N2C(=O)C(C)(C)N(c3ccc(C(=O)NC)c(F)c3)C2=S)cc1C. The third-order valence-electron chi connectivity index (χ3n) is 8.54. The number of aryl methyl sites for hydroxylation is 1. The Hall–Kier alpha value is -7.31. The molecule has 1 saturated heterocycles. The van der Waals surface area contributed by atoms with E-state index in [1.165, 1.54) is 76.3 Å². The number of nitrogen functional groups attached to an aromatic ring is 1. The molecule has 326 valence electrons. The smallest absolute Gasteiger partial charge is 0.299 e. The van der Waals surface area contributed by atoms with Crippen LogP contribution < -0.4 is 36.8 Å². The number of carbonyl (C=O) groups is 5. The van der Waals surface area contributed by atoms with Crippen molar-refractivity contribution in [2.24, 2.45) is 0 Å². The van der Waals surface area contributed by atoms with Crippen molar-refractivity contribution < 1.29 is 37.1 Å². The number of amides is 4. The van der Waals surface area contributed by atoms with Crippen LogP contribution in [-0.4, -0.2) is 66.9 Å². The Bertz CT molecular complexity index is 2460. The Morgan fingerprint density at radius 3 is 1.61 bits per heavy atom. The van der Waals surface area contributed by atoms with Crippen molar-refractivity contribution >= 4 is 75.2 Å². The second-order valence-corrected chi connectivity index (χ2v) is 14.8. The lowest BCUT2D eigenvalue weighted by molar-refractivity contribution is -0.120. The third-order valence-corrected chi connectivity index (χ3v) is 8.91. The molecule has 62 heavy (non-hydrogen) atoms. The van der Waals surface area contributed by atoms with E-state index in [0.717, 1.165) is 11.6 Å². The molecule has 4 aromatic carbocycles. The predicted molar refractivity (Wildman–Crippen MR) is 239 cm³/mol. The van der Waals surface area contributed by atoms with Crippen molar-refractivity contribution in [1.29, 1.82) is 0 Å². The first-order chi connectivity index (χ1) is 28.9. The minimum absolute atomic E-state index is 0.00620. The van der Waals surface area contributed by atoms with Gasteiger partial charge >= 0.3 is 0 Å². The summed E-state index contributed by atoms with van der Waals surface area (Å²) in [6.45, 7) is 25.7. The van der Waals surface area contributed by atoms with E-state index in [1.54, 1.807) is 69.9 Å². The number of anilines is 4. The fraction of sp³-hybridized carbons (Fsp3) is 0.273. The van der Waals surface area contributed by atoms with Crippen molar-refractivity contribution in [3.63, 3.8) is 0 Å². The van der Waals surface area contributed by atoms with Gasteiger partial charge < -0.3 is 36.7 Å². The van der Waals surface area contributed by atoms with Crippen molar-refractivity contribution in [2.75, 3.05) is 42.0 Å². The van der Waals surface area contributed by atoms with Crippen LogP contribution in [0.4, 0.5) is 41.6 Å². The number of hydrogen-bond donors (Lipinski definition) is 5. The van der Waals surface area contributed by atoms with Crippen LogP contribution in [0.15, 0.2) is 72.8 Å². The second kappa shape index (κ2) is 21.8. The quantitative estimate of drug-likeness (QED) is 0.0713. The molecule has 1 aliphatic rings. The van der Waals surface area contributed by atoms with Gasteiger partial charge in [-0.25, -0.2) is 24.6 Å². The van der Waals surface area contributed by atoms with Crippen molar-refractivity contribution in [3.05, 3.63) is 135 Å². The molecule has 0 atom stereocenters. The number of ketones is 1. The summed E-state index contributed by atoms with van der Waals surface area (Å²) >= 11 is 5.58. The molecule has 0 radical (unpaired) electrons. The predicted octanol–water partition coefficient (Wildman–Crippen LogP) is 7.58. The molecule has 1 fully saturated rings. The molecule has 4 aromatic rings. The number of hydrogen-bond acceptors (Lipinski definition) is 8. The summed E-state index contributed by atoms with van der Waals surface area (Å²) in [6.07, 6.45) is 0. The second-order valence-electron chi connectivity index (χ2n) is 14.4. The zero-order valence-corrected chi connectivity index (χ0v) is 36.7. The average molecular weight is 872 g/mol. The third kappa shape index (κ3) is 12.8. The summed E-state index contributed by atoms with van der Waals surface area (Å²) in [4.78, 5) is 66.3. The molecule has 1 heterocycles. The van der Waals surface area contributed by atoms with Crippen LogP contribution in [-0.2, 0) is 9.59 Å². The maximum absolute atomic E-state index is 14.5. The number of nitrogens with two attached hydrogens (primary N) is 1. The minimum Gasteiger partial charge on any atom is -0.399 e. The molecule has 6 N–H and O–H groups in total. The van der Waals surface area contributed by atoms with Crippen LogP contribution in [0.1, 0.15) is 78.2 Å². The topological polar surface area (TPSA) is 175 Å². The van der Waals surface area contributed by atoms with Gasteiger partial charge in [0.25, 0.3) is 29.3 Å². The normalized spacial score (nSPS) is 12.4. The fourth-order valence-electron chi connectivity index (χ4n) is 5.47. The number of Topliss-reactive ketones (excluding diaryl/α,β-unsaturated/α-hetero) is 1. The maximum Gasteiger partial charge on any atom is 0.299 e. The van der Waals surface area contributed by atoms with Gasteiger partial charge in [0.05, 0.1) is 23.3 Å². The number of thiocarbonyl (C=S) groups is 1. The lowest BCUT2D eigenvalue weighted by Crippen LogP contribution is -2.44. The number of nitrogens with zero attached hydrogens (tertiary/aromatic N) is 4. The number of nitrogens with one attached hydrogen (secondary N) is 4. The van der Waals surface area contributed by atoms with Crippen LogP contribution in [0.3, 0.4) is 0 Å². The summed E-state index contributed by atoms with van der Waals surface area (Å²) in [7, 11) is 4.31. The van der Waals surface area contributed by atoms with E-state index in [2.05, 4.69) is 31.0 Å². The van der Waals surface area contributed by atoms with E-state index in [0.29, 0.717) is 28.4 Å². The maximum atomic E-state index is 14.5. The molecule has 1 aliphatic heterocycles. The first kappa shape index (κ1) is 50.8. The molecular formula is C44H48F3N9O5S. The lowest BCUT2D eigenvalue weighted by atomic mass is 10.0. The van der Waals surface area contributed by atoms with Gasteiger partial charge in [0.1, 0.15) is 28.8 Å². The molecule has 0 spiro atoms. The molecule has 14 nitrogen and oxygen atoms in total. The van der Waals surface area contributed by atoms with Gasteiger partial charge in [-0.2, -0.15) is 0 Å². The van der Waals surface area contributed by atoms with E-state index in [-0.39, 0.29) is 33.5 Å². The zero-order valence-electron chi connectivity index (χ0n) is 35.9. The Kier molecular flexibility index (Phi) is 17.9. The van der Waals surface area contributed by atoms with Crippen molar-refractivity contribution in [1.82, 2.24) is 16.0 Å². The standard InChI is InChI=1S/C21H19FN4O2S.C12H14FN3O.C8H9FN2O.C3H6O/c1-12-10-13(7-9-17(12)23-4)25-19(28)21(2,3)26(20(25)29)14-6-8-15(16(22)11-14)18(27)24-5;1-12(2,15-4)16-8-5-6-9(10(13)7-8)11(17)14-3;1-11-8(12)6-3-2-5(10)4-7(6)9;1-3(2)4/h6-11H,1-3,5H3,(H,24,27);5-7,16H,1-3H3,(H,14,17);2-4H,10H2,1H3,(H,11,12);1-2H3. The van der Waals surface area contributed by atoms with Gasteiger partial charge in [-0.15, -0.1) is 0 Å². The molecule has 4 amide bonds. The number of halogens is 3. The van der Waals surface area contributed by atoms with Gasteiger partial charge in [-0.05, 0) is 119 Å². The van der Waals surface area contributed by atoms with E-state index < -0.39 is 46.4 Å². The van der Waals surface area contributed by atoms with Gasteiger partial charge in [0, 0.05) is 57.7 Å². The Morgan fingerprint density at radius 1 is 0.742 bits per heavy atom. The van der Waals surface area contributed by atoms with Crippen LogP contribution in [0.5, 0.6) is 0 Å². The first-order valence-electron chi connectivity index (χ1n) is 18.5. The van der Waals surface area contributed by atoms with Gasteiger partial charge in [0.15, 0.2) is 10.8 Å². The minimum atomic E-state index is -1.07. The van der Waals surface area contributed by atoms with E-state index in [4.69, 9.17) is 31.1 Å². The van der Waals surface area contributed by atoms with E-state index in [1.807, 2.05) is 0 Å². The van der Waals surface area contributed by atoms with E-state index in [9.17, 15) is 37.1 Å². The van der Waals surface area contributed by atoms with Crippen LogP contribution in [0.2, 0.25) is 0 Å². The Morgan fingerprint density at radius 2 is 1.19 bits per heavy atom. The van der Waals surface area contributed by atoms with Gasteiger partial charge in [-0.1, -0.05) is 6.07 Å². The largest absolute Gasteiger partial charge is 0.399 e. The molecule has 0 saturated carbocycles. The summed E-state index contributed by atoms with van der Waals surface area (Å²) in [6, 6.07) is 17.3. The molecule has 5 rings (SSSR count). The highest BCUT2D eigenvalue weighted by atomic mass is 32.1. The Balaban J connectivity index is 0.000000338. The van der Waals surface area contributed by atoms with E-state index >= 15 is 0 Å². The van der Waals surface area contributed by atoms with Crippen LogP contribution in [0.25, 0.3) is 9.69 Å². The van der Waals surface area contributed by atoms with Crippen molar-refractivity contribution in [3.8, 4) is 0 Å². The lowest BCUT2D eigenvalue weighted by Gasteiger charge is -2.29. The van der Waals surface area contributed by atoms with Crippen LogP contribution >= 0.6 is 12.2 Å². The number of benzene rings is 4. The van der Waals surface area contributed by atoms with Gasteiger partial charge in [0.2, 0.25) is 0 Å². The van der Waals surface area contributed by atoms with Gasteiger partial charge in [-0.3, -0.25) is 28.9 Å². The highest BCUT2D eigenvalue weighted by Crippen LogP contribution is 2.38. The summed E-state index contributed by atoms with van der Waals surface area (Å²) in [5, 5.41) is 10.1. The molecular weight excluding hydrogens is 824 g/mol. The zero-order chi connectivity index (χ0) is 47.3. The molecule has 0 aliphatic carbocycles. The highest BCUT2D eigenvalue weighted by Gasteiger charge is 2.50. The average Bonchev–Trinajstić information content (AvgIpc) is 3.38. The van der Waals surface area contributed by atoms with Crippen LogP contribution in [0, 0.1) is 37.5 Å². The fourth-order valence-corrected chi connectivity index (χ4v) is 5.99. The monoisotopic (exact) mass is 871 g/mol. The van der Waals surface area contributed by atoms with Crippen molar-refractivity contribution in [2.45, 2.75) is 59.7 Å². The highest BCUT2D eigenvalue weighted by molar-refractivity contribution is 7.81. The first-order valence-corrected chi connectivity index (χ1v) is 18.9. The molecule has 0 unspecified atom stereocenters. The molecule has 0 aromatic heterocycles. The number of rotatable bonds is 7. The summed E-state index contributed by atoms with van der Waals surface area (Å²) in [5.41, 5.74) is 6.24. The molecule has 0 bridgehead atoms.